The van der Waals surface area contributed by atoms with Crippen LogP contribution < -0.4 is 21.8 Å². The molecule has 0 atom stereocenters. The normalized spacial score (nSPS) is 12.8. The monoisotopic (exact) mass is 340 g/mol. The number of H-pyrrole nitrogens is 3. The number of thiophene rings is 1. The second-order valence-corrected chi connectivity index (χ2v) is 6.38. The fourth-order valence-electron chi connectivity index (χ4n) is 2.26. The van der Waals surface area contributed by atoms with Gasteiger partial charge in [0.05, 0.1) is 17.7 Å². The van der Waals surface area contributed by atoms with Crippen LogP contribution >= 0.6 is 11.3 Å². The summed E-state index contributed by atoms with van der Waals surface area (Å²) in [5.74, 6) is 0. The highest BCUT2D eigenvalue weighted by atomic mass is 32.1. The Morgan fingerprint density at radius 2 is 1.88 bits per heavy atom. The Morgan fingerprint density at radius 1 is 1.21 bits per heavy atom. The summed E-state index contributed by atoms with van der Waals surface area (Å²) in [5.41, 5.74) is 2.36. The topological polar surface area (TPSA) is 94.4 Å². The molecule has 3 rings (SSSR count). The van der Waals surface area contributed by atoms with Crippen molar-refractivity contribution in [2.24, 2.45) is 0 Å². The maximum absolute atomic E-state index is 12.3. The van der Waals surface area contributed by atoms with Gasteiger partial charge in [-0.2, -0.15) is 0 Å². The summed E-state index contributed by atoms with van der Waals surface area (Å²) in [6, 6.07) is 1.96. The summed E-state index contributed by atoms with van der Waals surface area (Å²) in [6.45, 7) is 7.61. The highest BCUT2D eigenvalue weighted by Gasteiger charge is 2.05. The maximum Gasteiger partial charge on any atom is 0.272 e. The van der Waals surface area contributed by atoms with Crippen molar-refractivity contribution in [3.63, 3.8) is 0 Å². The number of nitrogens with zero attached hydrogens (tertiary/aromatic N) is 1. The Labute approximate surface area is 140 Å². The zero-order valence-electron chi connectivity index (χ0n) is 13.3. The van der Waals surface area contributed by atoms with Crippen LogP contribution in [-0.4, -0.2) is 19.9 Å². The minimum absolute atomic E-state index is 0.159. The SMILES string of the molecule is C=C(C)c1nc[nH]c1/C=c1\[nH]c(=O)/c(=C/c2sccc2C)[nH]c1=O. The zero-order chi connectivity index (χ0) is 17.3. The summed E-state index contributed by atoms with van der Waals surface area (Å²) in [4.78, 5) is 37.8. The van der Waals surface area contributed by atoms with Gasteiger partial charge in [-0.3, -0.25) is 9.59 Å². The Morgan fingerprint density at radius 3 is 2.46 bits per heavy atom. The predicted octanol–water partition coefficient (Wildman–Crippen LogP) is 0.847. The third kappa shape index (κ3) is 3.07. The summed E-state index contributed by atoms with van der Waals surface area (Å²) in [6.07, 6.45) is 4.75. The Hall–Kier alpha value is -2.93. The number of nitrogens with one attached hydrogen (secondary N) is 3. The van der Waals surface area contributed by atoms with Crippen LogP contribution in [0.25, 0.3) is 17.7 Å². The minimum atomic E-state index is -0.377. The van der Waals surface area contributed by atoms with Crippen molar-refractivity contribution in [2.45, 2.75) is 13.8 Å². The van der Waals surface area contributed by atoms with E-state index in [0.29, 0.717) is 11.4 Å². The van der Waals surface area contributed by atoms with Crippen LogP contribution in [-0.2, 0) is 0 Å². The molecule has 0 amide bonds. The summed E-state index contributed by atoms with van der Waals surface area (Å²) < 4.78 is 0. The quantitative estimate of drug-likeness (QED) is 0.660. The minimum Gasteiger partial charge on any atom is -0.345 e. The molecule has 0 aliphatic heterocycles. The van der Waals surface area contributed by atoms with E-state index in [1.54, 1.807) is 12.2 Å². The van der Waals surface area contributed by atoms with E-state index in [2.05, 4.69) is 26.5 Å². The largest absolute Gasteiger partial charge is 0.345 e. The van der Waals surface area contributed by atoms with E-state index in [0.717, 1.165) is 16.0 Å². The van der Waals surface area contributed by atoms with Gasteiger partial charge in [-0.25, -0.2) is 4.98 Å². The molecule has 3 aromatic heterocycles. The van der Waals surface area contributed by atoms with Gasteiger partial charge in [0.1, 0.15) is 10.7 Å². The van der Waals surface area contributed by atoms with Crippen LogP contribution in [0.15, 0.2) is 33.9 Å². The van der Waals surface area contributed by atoms with Crippen LogP contribution in [0.2, 0.25) is 0 Å². The second kappa shape index (κ2) is 6.29. The van der Waals surface area contributed by atoms with Crippen molar-refractivity contribution in [2.75, 3.05) is 0 Å². The average molecular weight is 340 g/mol. The molecule has 3 heterocycles. The summed E-state index contributed by atoms with van der Waals surface area (Å²) in [5, 5.41) is 2.33. The Balaban J connectivity index is 2.17. The van der Waals surface area contributed by atoms with Crippen LogP contribution in [0, 0.1) is 6.92 Å². The van der Waals surface area contributed by atoms with Gasteiger partial charge in [-0.1, -0.05) is 6.58 Å². The molecular weight excluding hydrogens is 324 g/mol. The molecule has 0 saturated heterocycles. The maximum atomic E-state index is 12.3. The standard InChI is InChI=1S/C17H16N4O2S/c1-9(2)15-11(18-8-19-15)6-12-16(22)21-13(17(23)20-12)7-14-10(3)4-5-24-14/h4-8H,1H2,2-3H3,(H,18,19)(H,20,23)(H,21,22)/b12-6-,13-7-. The predicted molar refractivity (Wildman–Crippen MR) is 96.4 cm³/mol. The Bertz CT molecular complexity index is 1140. The van der Waals surface area contributed by atoms with Crippen molar-refractivity contribution in [3.05, 3.63) is 77.6 Å². The van der Waals surface area contributed by atoms with Gasteiger partial charge in [0, 0.05) is 4.88 Å². The summed E-state index contributed by atoms with van der Waals surface area (Å²) in [7, 11) is 0. The van der Waals surface area contributed by atoms with E-state index in [1.807, 2.05) is 25.3 Å². The number of imidazole rings is 1. The average Bonchev–Trinajstić information content (AvgIpc) is 3.14. The van der Waals surface area contributed by atoms with E-state index >= 15 is 0 Å². The van der Waals surface area contributed by atoms with Gasteiger partial charge >= 0.3 is 0 Å². The van der Waals surface area contributed by atoms with Gasteiger partial charge in [0.25, 0.3) is 11.1 Å². The first-order valence-electron chi connectivity index (χ1n) is 7.25. The molecule has 0 bridgehead atoms. The van der Waals surface area contributed by atoms with Crippen molar-refractivity contribution in [3.8, 4) is 0 Å². The lowest BCUT2D eigenvalue weighted by atomic mass is 10.2. The molecule has 0 saturated carbocycles. The molecule has 0 unspecified atom stereocenters. The van der Waals surface area contributed by atoms with Crippen LogP contribution in [0.3, 0.4) is 0 Å². The lowest BCUT2D eigenvalue weighted by Crippen LogP contribution is -2.46. The molecule has 0 aliphatic carbocycles. The molecule has 122 valence electrons. The molecule has 7 heteroatoms. The van der Waals surface area contributed by atoms with E-state index < -0.39 is 0 Å². The van der Waals surface area contributed by atoms with Crippen molar-refractivity contribution in [1.82, 2.24) is 19.9 Å². The zero-order valence-corrected chi connectivity index (χ0v) is 14.1. The van der Waals surface area contributed by atoms with Crippen LogP contribution in [0.4, 0.5) is 0 Å². The van der Waals surface area contributed by atoms with Gasteiger partial charge < -0.3 is 15.0 Å². The van der Waals surface area contributed by atoms with Crippen LogP contribution in [0.1, 0.15) is 28.8 Å². The lowest BCUT2D eigenvalue weighted by Gasteiger charge is -1.96. The van der Waals surface area contributed by atoms with Crippen molar-refractivity contribution in [1.29, 1.82) is 0 Å². The number of aryl methyl sites for hydroxylation is 1. The molecule has 24 heavy (non-hydrogen) atoms. The molecule has 0 fully saturated rings. The van der Waals surface area contributed by atoms with Gasteiger partial charge in [0.15, 0.2) is 0 Å². The molecule has 3 N–H and O–H groups in total. The third-order valence-corrected chi connectivity index (χ3v) is 4.49. The molecule has 6 nitrogen and oxygen atoms in total. The fraction of sp³-hybridized carbons (Fsp3) is 0.118. The molecule has 3 aromatic rings. The number of hydrogen-bond acceptors (Lipinski definition) is 4. The smallest absolute Gasteiger partial charge is 0.272 e. The molecular formula is C17H16N4O2S. The number of aromatic nitrogens is 4. The lowest BCUT2D eigenvalue weighted by molar-refractivity contribution is 1.00. The summed E-state index contributed by atoms with van der Waals surface area (Å²) >= 11 is 1.51. The first-order valence-corrected chi connectivity index (χ1v) is 8.13. The fourth-order valence-corrected chi connectivity index (χ4v) is 3.12. The van der Waals surface area contributed by atoms with Gasteiger partial charge in [0.2, 0.25) is 0 Å². The highest BCUT2D eigenvalue weighted by Crippen LogP contribution is 2.15. The number of hydrogen-bond donors (Lipinski definition) is 3. The van der Waals surface area contributed by atoms with Gasteiger partial charge in [-0.15, -0.1) is 11.3 Å². The van der Waals surface area contributed by atoms with Crippen molar-refractivity contribution < 1.29 is 0 Å². The van der Waals surface area contributed by atoms with E-state index in [1.165, 1.54) is 17.7 Å². The molecule has 0 aliphatic rings. The van der Waals surface area contributed by atoms with E-state index in [9.17, 15) is 9.59 Å². The second-order valence-electron chi connectivity index (χ2n) is 5.44. The number of allylic oxidation sites excluding steroid dienone is 1. The highest BCUT2D eigenvalue weighted by molar-refractivity contribution is 7.11. The number of aromatic amines is 3. The van der Waals surface area contributed by atoms with Crippen LogP contribution in [0.5, 0.6) is 0 Å². The molecule has 0 radical (unpaired) electrons. The third-order valence-electron chi connectivity index (χ3n) is 3.52. The van der Waals surface area contributed by atoms with E-state index in [4.69, 9.17) is 0 Å². The Kier molecular flexibility index (Phi) is 4.18. The molecule has 0 aromatic carbocycles. The first kappa shape index (κ1) is 15.9. The van der Waals surface area contributed by atoms with Gasteiger partial charge in [-0.05, 0) is 48.6 Å². The van der Waals surface area contributed by atoms with Crippen molar-refractivity contribution >= 4 is 29.1 Å². The number of rotatable bonds is 3. The first-order chi connectivity index (χ1) is 11.5. The van der Waals surface area contributed by atoms with E-state index in [-0.39, 0.29) is 21.8 Å². The molecule has 0 spiro atoms.